The molecule has 1 spiro atoms. The number of pyridine rings is 1. The monoisotopic (exact) mass is 297 g/mol. The second kappa shape index (κ2) is 4.19. The molecule has 1 saturated heterocycles. The number of carbonyl (C=O) groups excluding carboxylic acids is 2. The first-order valence-corrected chi connectivity index (χ1v) is 7.18. The predicted molar refractivity (Wildman–Crippen MR) is 80.4 cm³/mol. The summed E-state index contributed by atoms with van der Waals surface area (Å²) in [4.78, 5) is 40.2. The molecule has 6 heteroatoms. The van der Waals surface area contributed by atoms with Gasteiger partial charge in [0.05, 0.1) is 5.54 Å². The van der Waals surface area contributed by atoms with Crippen molar-refractivity contribution in [3.63, 3.8) is 0 Å². The number of H-pyrrole nitrogens is 1. The molecule has 1 unspecified atom stereocenters. The summed E-state index contributed by atoms with van der Waals surface area (Å²) in [7, 11) is 1.77. The molecule has 4 rings (SSSR count). The first-order valence-electron chi connectivity index (χ1n) is 7.18. The maximum atomic E-state index is 12.8. The van der Waals surface area contributed by atoms with Gasteiger partial charge in [-0.05, 0) is 24.1 Å². The fraction of sp³-hybridized carbons (Fsp3) is 0.312. The van der Waals surface area contributed by atoms with Crippen LogP contribution >= 0.6 is 0 Å². The molecule has 2 aliphatic heterocycles. The zero-order chi connectivity index (χ0) is 15.5. The van der Waals surface area contributed by atoms with E-state index in [2.05, 4.69) is 10.3 Å². The van der Waals surface area contributed by atoms with Crippen LogP contribution in [0.15, 0.2) is 23.1 Å². The molecule has 0 aromatic heterocycles. The molecule has 1 atom stereocenters. The summed E-state index contributed by atoms with van der Waals surface area (Å²) in [6.45, 7) is 0.552. The lowest BCUT2D eigenvalue weighted by Gasteiger charge is -2.29. The molecule has 0 aromatic rings. The van der Waals surface area contributed by atoms with Crippen molar-refractivity contribution in [3.05, 3.63) is 45.2 Å². The SMILES string of the molecule is CN1C(=O)NCC12Cc1cc3[nH]cc(C=O)cc-3c(=O)c1C2. The number of urea groups is 1. The third-order valence-electron chi connectivity index (χ3n) is 4.97. The van der Waals surface area contributed by atoms with E-state index in [1.54, 1.807) is 24.2 Å². The van der Waals surface area contributed by atoms with Crippen LogP contribution in [0.5, 0.6) is 0 Å². The number of likely N-dealkylation sites (N-methyl/N-ethyl adjacent to an activating group) is 1. The second-order valence-electron chi connectivity index (χ2n) is 6.15. The van der Waals surface area contributed by atoms with Crippen LogP contribution in [0.4, 0.5) is 4.79 Å². The molecule has 0 aromatic carbocycles. The van der Waals surface area contributed by atoms with Crippen LogP contribution in [0.25, 0.3) is 11.3 Å². The van der Waals surface area contributed by atoms with Gasteiger partial charge in [0.15, 0.2) is 11.7 Å². The van der Waals surface area contributed by atoms with E-state index in [1.165, 1.54) is 0 Å². The van der Waals surface area contributed by atoms with E-state index in [0.717, 1.165) is 23.1 Å². The van der Waals surface area contributed by atoms with E-state index >= 15 is 0 Å². The quantitative estimate of drug-likeness (QED) is 0.763. The lowest BCUT2D eigenvalue weighted by Crippen LogP contribution is -2.45. The Kier molecular flexibility index (Phi) is 2.49. The zero-order valence-electron chi connectivity index (χ0n) is 12.1. The molecule has 6 nitrogen and oxygen atoms in total. The number of nitrogens with zero attached hydrogens (tertiary/aromatic N) is 1. The van der Waals surface area contributed by atoms with Gasteiger partial charge >= 0.3 is 6.03 Å². The van der Waals surface area contributed by atoms with Gasteiger partial charge in [0.25, 0.3) is 0 Å². The number of amides is 2. The Morgan fingerprint density at radius 1 is 1.27 bits per heavy atom. The Bertz CT molecular complexity index is 841. The van der Waals surface area contributed by atoms with Gasteiger partial charge in [-0.1, -0.05) is 0 Å². The largest absolute Gasteiger partial charge is 0.360 e. The summed E-state index contributed by atoms with van der Waals surface area (Å²) in [5.41, 5.74) is 3.06. The summed E-state index contributed by atoms with van der Waals surface area (Å²) in [5, 5.41) is 2.85. The lowest BCUT2D eigenvalue weighted by atomic mass is 9.96. The van der Waals surface area contributed by atoms with Crippen molar-refractivity contribution in [2.24, 2.45) is 0 Å². The normalized spacial score (nSPS) is 23.1. The first kappa shape index (κ1) is 13.1. The van der Waals surface area contributed by atoms with Crippen molar-refractivity contribution in [2.45, 2.75) is 18.4 Å². The van der Waals surface area contributed by atoms with Crippen LogP contribution in [0.3, 0.4) is 0 Å². The first-order chi connectivity index (χ1) is 10.5. The fourth-order valence-electron chi connectivity index (χ4n) is 3.62. The van der Waals surface area contributed by atoms with Crippen LogP contribution in [-0.4, -0.2) is 41.3 Å². The Morgan fingerprint density at radius 2 is 2.09 bits per heavy atom. The van der Waals surface area contributed by atoms with Gasteiger partial charge in [0, 0.05) is 48.6 Å². The Balaban J connectivity index is 1.88. The average molecular weight is 297 g/mol. The van der Waals surface area contributed by atoms with Gasteiger partial charge in [-0.25, -0.2) is 4.79 Å². The molecular weight excluding hydrogens is 282 g/mol. The van der Waals surface area contributed by atoms with Gasteiger partial charge in [0.1, 0.15) is 0 Å². The number of nitrogens with one attached hydrogen (secondary N) is 2. The van der Waals surface area contributed by atoms with E-state index in [0.29, 0.717) is 30.5 Å². The maximum Gasteiger partial charge on any atom is 0.317 e. The molecule has 112 valence electrons. The molecule has 0 radical (unpaired) electrons. The molecule has 2 heterocycles. The standard InChI is InChI=1S/C16H15N3O3/c1-19-15(22)18-8-16(19)4-10-3-13-11(14(21)12(10)5-16)2-9(7-20)6-17-13/h2-3,6-7,17H,4-5,8H2,1H3,(H,18,22). The van der Waals surface area contributed by atoms with Crippen LogP contribution in [-0.2, 0) is 12.8 Å². The van der Waals surface area contributed by atoms with Crippen LogP contribution in [0.2, 0.25) is 0 Å². The second-order valence-corrected chi connectivity index (χ2v) is 6.15. The number of aromatic amines is 1. The number of hydrogen-bond acceptors (Lipinski definition) is 3. The van der Waals surface area contributed by atoms with Crippen molar-refractivity contribution < 1.29 is 9.59 Å². The highest BCUT2D eigenvalue weighted by Crippen LogP contribution is 2.36. The molecule has 2 N–H and O–H groups in total. The van der Waals surface area contributed by atoms with Gasteiger partial charge in [-0.15, -0.1) is 0 Å². The number of aromatic nitrogens is 1. The van der Waals surface area contributed by atoms with Crippen molar-refractivity contribution in [3.8, 4) is 11.3 Å². The molecule has 1 fully saturated rings. The van der Waals surface area contributed by atoms with Crippen molar-refractivity contribution in [1.29, 1.82) is 0 Å². The number of hydrogen-bond donors (Lipinski definition) is 2. The van der Waals surface area contributed by atoms with Crippen molar-refractivity contribution in [2.75, 3.05) is 13.6 Å². The zero-order valence-corrected chi connectivity index (χ0v) is 12.1. The highest BCUT2D eigenvalue weighted by Gasteiger charge is 2.48. The summed E-state index contributed by atoms with van der Waals surface area (Å²) in [6, 6.07) is 3.49. The average Bonchev–Trinajstić information content (AvgIpc) is 3.03. The predicted octanol–water partition coefficient (Wildman–Crippen LogP) is 0.785. The highest BCUT2D eigenvalue weighted by molar-refractivity contribution is 5.80. The van der Waals surface area contributed by atoms with E-state index in [1.807, 2.05) is 6.07 Å². The molecular formula is C16H15N3O3. The Hall–Kier alpha value is -2.63. The van der Waals surface area contributed by atoms with Gasteiger partial charge < -0.3 is 15.2 Å². The molecule has 4 aliphatic rings. The summed E-state index contributed by atoms with van der Waals surface area (Å²) < 4.78 is 0. The molecule has 22 heavy (non-hydrogen) atoms. The van der Waals surface area contributed by atoms with Crippen molar-refractivity contribution in [1.82, 2.24) is 15.2 Å². The van der Waals surface area contributed by atoms with Gasteiger partial charge in [0.2, 0.25) is 0 Å². The summed E-state index contributed by atoms with van der Waals surface area (Å²) in [6.07, 6.45) is 3.54. The van der Waals surface area contributed by atoms with E-state index in [4.69, 9.17) is 0 Å². The number of fused-ring (bicyclic) bond motifs is 2. The van der Waals surface area contributed by atoms with E-state index in [-0.39, 0.29) is 17.0 Å². The van der Waals surface area contributed by atoms with Crippen molar-refractivity contribution >= 4 is 12.3 Å². The summed E-state index contributed by atoms with van der Waals surface area (Å²) in [5.74, 6) is 0. The molecule has 0 saturated carbocycles. The smallest absolute Gasteiger partial charge is 0.317 e. The number of aldehydes is 1. The Labute approximate surface area is 126 Å². The van der Waals surface area contributed by atoms with Crippen LogP contribution in [0.1, 0.15) is 21.5 Å². The lowest BCUT2D eigenvalue weighted by molar-refractivity contribution is 0.112. The molecule has 2 amide bonds. The fourth-order valence-corrected chi connectivity index (χ4v) is 3.62. The maximum absolute atomic E-state index is 12.8. The highest BCUT2D eigenvalue weighted by atomic mass is 16.2. The topological polar surface area (TPSA) is 82.3 Å². The Morgan fingerprint density at radius 3 is 2.77 bits per heavy atom. The van der Waals surface area contributed by atoms with Crippen LogP contribution < -0.4 is 10.7 Å². The molecule has 2 aliphatic carbocycles. The van der Waals surface area contributed by atoms with E-state index in [9.17, 15) is 14.4 Å². The third-order valence-corrected chi connectivity index (χ3v) is 4.97. The van der Waals surface area contributed by atoms with Gasteiger partial charge in [-0.2, -0.15) is 0 Å². The number of rotatable bonds is 1. The van der Waals surface area contributed by atoms with Crippen LogP contribution in [0, 0.1) is 0 Å². The minimum atomic E-state index is -0.344. The third kappa shape index (κ3) is 1.57. The van der Waals surface area contributed by atoms with E-state index < -0.39 is 0 Å². The minimum Gasteiger partial charge on any atom is -0.360 e. The molecule has 0 bridgehead atoms. The summed E-state index contributed by atoms with van der Waals surface area (Å²) >= 11 is 0. The number of carbonyl (C=O) groups is 2. The minimum absolute atomic E-state index is 0.0444. The van der Waals surface area contributed by atoms with Gasteiger partial charge in [-0.3, -0.25) is 9.59 Å². The number of benzene rings is 1.